The maximum atomic E-state index is 12.3. The van der Waals surface area contributed by atoms with E-state index in [0.717, 1.165) is 17.0 Å². The summed E-state index contributed by atoms with van der Waals surface area (Å²) in [5.74, 6) is 1.01. The number of aromatic nitrogens is 4. The maximum Gasteiger partial charge on any atom is 0.251 e. The number of nitriles is 1. The van der Waals surface area contributed by atoms with Crippen LogP contribution in [-0.4, -0.2) is 32.8 Å². The first-order valence-corrected chi connectivity index (χ1v) is 8.82. The van der Waals surface area contributed by atoms with Crippen molar-refractivity contribution in [3.8, 4) is 23.1 Å². The van der Waals surface area contributed by atoms with Crippen molar-refractivity contribution < 1.29 is 9.53 Å². The van der Waals surface area contributed by atoms with Crippen molar-refractivity contribution >= 4 is 11.6 Å². The summed E-state index contributed by atoms with van der Waals surface area (Å²) in [6.07, 6.45) is 0. The molecule has 4 aromatic rings. The third-order valence-electron chi connectivity index (χ3n) is 4.40. The second-order valence-electron chi connectivity index (χ2n) is 6.21. The van der Waals surface area contributed by atoms with Crippen molar-refractivity contribution in [1.29, 1.82) is 5.26 Å². The van der Waals surface area contributed by atoms with E-state index in [0.29, 0.717) is 22.6 Å². The van der Waals surface area contributed by atoms with E-state index >= 15 is 0 Å². The van der Waals surface area contributed by atoms with Crippen LogP contribution >= 0.6 is 0 Å². The van der Waals surface area contributed by atoms with Crippen molar-refractivity contribution in [2.45, 2.75) is 6.54 Å². The quantitative estimate of drug-likeness (QED) is 0.567. The van der Waals surface area contributed by atoms with Crippen molar-refractivity contribution in [3.05, 3.63) is 77.6 Å². The zero-order valence-electron chi connectivity index (χ0n) is 15.5. The second kappa shape index (κ2) is 7.78. The van der Waals surface area contributed by atoms with Gasteiger partial charge in [0, 0.05) is 11.1 Å². The first-order valence-electron chi connectivity index (χ1n) is 8.82. The van der Waals surface area contributed by atoms with Crippen molar-refractivity contribution in [2.75, 3.05) is 7.11 Å². The Hall–Kier alpha value is -4.25. The van der Waals surface area contributed by atoms with Gasteiger partial charge in [0.1, 0.15) is 5.75 Å². The number of amides is 1. The van der Waals surface area contributed by atoms with Crippen molar-refractivity contribution in [1.82, 2.24) is 25.1 Å². The van der Waals surface area contributed by atoms with Gasteiger partial charge in [-0.3, -0.25) is 4.79 Å². The van der Waals surface area contributed by atoms with Gasteiger partial charge in [0.05, 0.1) is 31.0 Å². The topological polar surface area (TPSA) is 105 Å². The molecule has 0 saturated heterocycles. The van der Waals surface area contributed by atoms with Crippen LogP contribution in [0, 0.1) is 11.3 Å². The average Bonchev–Trinajstić information content (AvgIpc) is 3.19. The third-order valence-corrected chi connectivity index (χ3v) is 4.40. The third kappa shape index (κ3) is 3.75. The number of fused-ring (bicyclic) bond motifs is 1. The number of ether oxygens (including phenoxy) is 1. The van der Waals surface area contributed by atoms with Crippen LogP contribution in [0.1, 0.15) is 21.7 Å². The van der Waals surface area contributed by atoms with Crippen LogP contribution in [0.3, 0.4) is 0 Å². The summed E-state index contributed by atoms with van der Waals surface area (Å²) in [4.78, 5) is 12.3. The first-order chi connectivity index (χ1) is 14.2. The van der Waals surface area contributed by atoms with Crippen molar-refractivity contribution in [3.63, 3.8) is 0 Å². The summed E-state index contributed by atoms with van der Waals surface area (Å²) in [7, 11) is 1.62. The van der Waals surface area contributed by atoms with Gasteiger partial charge in [0.25, 0.3) is 5.91 Å². The lowest BCUT2D eigenvalue weighted by atomic mass is 10.1. The molecule has 0 fully saturated rings. The van der Waals surface area contributed by atoms with Crippen LogP contribution in [0.5, 0.6) is 5.75 Å². The molecule has 29 heavy (non-hydrogen) atoms. The lowest BCUT2D eigenvalue weighted by Gasteiger charge is -2.06. The van der Waals surface area contributed by atoms with Gasteiger partial charge in [-0.2, -0.15) is 14.9 Å². The molecule has 142 valence electrons. The molecule has 0 radical (unpaired) electrons. The molecule has 2 aromatic heterocycles. The Morgan fingerprint density at radius 2 is 1.83 bits per heavy atom. The van der Waals surface area contributed by atoms with Crippen LogP contribution in [-0.2, 0) is 6.54 Å². The van der Waals surface area contributed by atoms with Gasteiger partial charge < -0.3 is 10.1 Å². The standard InChI is InChI=1S/C21H16N6O2/c1-29-17-8-6-15(7-9-17)18-10-11-19-24-25-20(27(19)26-18)13-23-21(28)16-4-2-14(12-22)3-5-16/h2-11H,13H2,1H3,(H,23,28). The fraction of sp³-hybridized carbons (Fsp3) is 0.0952. The molecule has 2 aromatic carbocycles. The van der Waals surface area contributed by atoms with E-state index in [2.05, 4.69) is 20.6 Å². The van der Waals surface area contributed by atoms with Crippen LogP contribution < -0.4 is 10.1 Å². The second-order valence-corrected chi connectivity index (χ2v) is 6.21. The van der Waals surface area contributed by atoms with Crippen LogP contribution in [0.4, 0.5) is 0 Å². The highest BCUT2D eigenvalue weighted by molar-refractivity contribution is 5.94. The average molecular weight is 384 g/mol. The monoisotopic (exact) mass is 384 g/mol. The Morgan fingerprint density at radius 1 is 1.07 bits per heavy atom. The summed E-state index contributed by atoms with van der Waals surface area (Å²) < 4.78 is 6.79. The van der Waals surface area contributed by atoms with E-state index < -0.39 is 0 Å². The van der Waals surface area contributed by atoms with Crippen molar-refractivity contribution in [2.24, 2.45) is 0 Å². The molecule has 0 bridgehead atoms. The van der Waals surface area contributed by atoms with Gasteiger partial charge in [0.15, 0.2) is 11.5 Å². The molecule has 0 aliphatic rings. The maximum absolute atomic E-state index is 12.3. The van der Waals surface area contributed by atoms with Crippen LogP contribution in [0.25, 0.3) is 16.9 Å². The lowest BCUT2D eigenvalue weighted by molar-refractivity contribution is 0.0949. The predicted molar refractivity (Wildman–Crippen MR) is 105 cm³/mol. The highest BCUT2D eigenvalue weighted by Gasteiger charge is 2.11. The summed E-state index contributed by atoms with van der Waals surface area (Å²) in [6, 6.07) is 19.7. The van der Waals surface area contributed by atoms with E-state index in [1.54, 1.807) is 35.9 Å². The molecule has 4 rings (SSSR count). The molecule has 0 atom stereocenters. The molecule has 0 aliphatic heterocycles. The first kappa shape index (κ1) is 18.1. The SMILES string of the molecule is COc1ccc(-c2ccc3nnc(CNC(=O)c4ccc(C#N)cc4)n3n2)cc1. The molecule has 0 aliphatic carbocycles. The number of carbonyl (C=O) groups is 1. The van der Waals surface area contributed by atoms with E-state index in [4.69, 9.17) is 10.00 Å². The molecule has 0 unspecified atom stereocenters. The number of nitrogens with zero attached hydrogens (tertiary/aromatic N) is 5. The normalized spacial score (nSPS) is 10.5. The molecule has 2 heterocycles. The highest BCUT2D eigenvalue weighted by atomic mass is 16.5. The minimum atomic E-state index is -0.266. The zero-order valence-corrected chi connectivity index (χ0v) is 15.5. The fourth-order valence-corrected chi connectivity index (χ4v) is 2.82. The molecular weight excluding hydrogens is 368 g/mol. The minimum Gasteiger partial charge on any atom is -0.497 e. The summed E-state index contributed by atoms with van der Waals surface area (Å²) >= 11 is 0. The summed E-state index contributed by atoms with van der Waals surface area (Å²) in [5.41, 5.74) is 3.23. The number of rotatable bonds is 5. The molecule has 8 heteroatoms. The van der Waals surface area contributed by atoms with Gasteiger partial charge in [-0.25, -0.2) is 0 Å². The molecule has 1 amide bonds. The number of nitrogens with one attached hydrogen (secondary N) is 1. The van der Waals surface area contributed by atoms with E-state index in [-0.39, 0.29) is 12.5 Å². The number of benzene rings is 2. The number of hydrogen-bond donors (Lipinski definition) is 1. The fourth-order valence-electron chi connectivity index (χ4n) is 2.82. The minimum absolute atomic E-state index is 0.166. The van der Waals surface area contributed by atoms with Gasteiger partial charge in [-0.15, -0.1) is 10.2 Å². The van der Waals surface area contributed by atoms with Gasteiger partial charge >= 0.3 is 0 Å². The Kier molecular flexibility index (Phi) is 4.86. The number of methoxy groups -OCH3 is 1. The number of carbonyl (C=O) groups excluding carboxylic acids is 1. The predicted octanol–water partition coefficient (Wildman–Crippen LogP) is 2.60. The Labute approximate surface area is 166 Å². The van der Waals surface area contributed by atoms with E-state index in [9.17, 15) is 4.79 Å². The summed E-state index contributed by atoms with van der Waals surface area (Å²) in [5, 5.41) is 24.5. The Bertz CT molecular complexity index is 1210. The molecule has 0 spiro atoms. The smallest absolute Gasteiger partial charge is 0.251 e. The Morgan fingerprint density at radius 3 is 2.52 bits per heavy atom. The molecule has 0 saturated carbocycles. The number of hydrogen-bond acceptors (Lipinski definition) is 6. The van der Waals surface area contributed by atoms with E-state index in [1.165, 1.54) is 0 Å². The van der Waals surface area contributed by atoms with Gasteiger partial charge in [0.2, 0.25) is 0 Å². The Balaban J connectivity index is 1.54. The molecule has 1 N–H and O–H groups in total. The van der Waals surface area contributed by atoms with Gasteiger partial charge in [-0.1, -0.05) is 0 Å². The lowest BCUT2D eigenvalue weighted by Crippen LogP contribution is -2.24. The van der Waals surface area contributed by atoms with E-state index in [1.807, 2.05) is 42.5 Å². The largest absolute Gasteiger partial charge is 0.497 e. The summed E-state index contributed by atoms with van der Waals surface area (Å²) in [6.45, 7) is 0.166. The van der Waals surface area contributed by atoms with Crippen LogP contribution in [0.2, 0.25) is 0 Å². The highest BCUT2D eigenvalue weighted by Crippen LogP contribution is 2.21. The molecular formula is C21H16N6O2. The van der Waals surface area contributed by atoms with Crippen LogP contribution in [0.15, 0.2) is 60.7 Å². The zero-order chi connectivity index (χ0) is 20.2. The molecule has 8 nitrogen and oxygen atoms in total. The van der Waals surface area contributed by atoms with Gasteiger partial charge in [-0.05, 0) is 60.7 Å².